The van der Waals surface area contributed by atoms with Gasteiger partial charge in [-0.15, -0.1) is 0 Å². The molecule has 0 amide bonds. The van der Waals surface area contributed by atoms with Crippen molar-refractivity contribution < 1.29 is 0 Å². The second-order valence-corrected chi connectivity index (χ2v) is 6.04. The van der Waals surface area contributed by atoms with Crippen LogP contribution in [0.4, 0.5) is 0 Å². The van der Waals surface area contributed by atoms with Crippen LogP contribution in [0.15, 0.2) is 0 Å². The van der Waals surface area contributed by atoms with Crippen LogP contribution in [-0.4, -0.2) is 41.6 Å². The first-order valence-corrected chi connectivity index (χ1v) is 7.03. The summed E-state index contributed by atoms with van der Waals surface area (Å²) in [5.74, 6) is 2.60. The molecule has 82 valence electrons. The molecule has 0 radical (unpaired) electrons. The third-order valence-corrected chi connectivity index (χ3v) is 4.43. The SMILES string of the molecule is NC1(CN2CCSCC2)CCCCC1. The lowest BCUT2D eigenvalue weighted by atomic mass is 9.82. The predicted molar refractivity (Wildman–Crippen MR) is 63.8 cm³/mol. The molecule has 1 saturated heterocycles. The van der Waals surface area contributed by atoms with Gasteiger partial charge in [0, 0.05) is 36.7 Å². The highest BCUT2D eigenvalue weighted by atomic mass is 32.2. The lowest BCUT2D eigenvalue weighted by Crippen LogP contribution is -2.53. The van der Waals surface area contributed by atoms with Crippen molar-refractivity contribution >= 4 is 11.8 Å². The van der Waals surface area contributed by atoms with Gasteiger partial charge in [0.05, 0.1) is 0 Å². The fraction of sp³-hybridized carbons (Fsp3) is 1.00. The molecule has 14 heavy (non-hydrogen) atoms. The minimum atomic E-state index is 0.153. The van der Waals surface area contributed by atoms with Crippen LogP contribution in [0.5, 0.6) is 0 Å². The van der Waals surface area contributed by atoms with Gasteiger partial charge in [-0.25, -0.2) is 0 Å². The van der Waals surface area contributed by atoms with Crippen molar-refractivity contribution in [2.75, 3.05) is 31.1 Å². The van der Waals surface area contributed by atoms with Gasteiger partial charge in [-0.3, -0.25) is 4.90 Å². The lowest BCUT2D eigenvalue weighted by Gasteiger charge is -2.39. The Hall–Kier alpha value is 0.270. The molecule has 1 heterocycles. The Morgan fingerprint density at radius 2 is 1.71 bits per heavy atom. The number of rotatable bonds is 2. The van der Waals surface area contributed by atoms with Crippen LogP contribution in [0.1, 0.15) is 32.1 Å². The third-order valence-electron chi connectivity index (χ3n) is 3.49. The minimum Gasteiger partial charge on any atom is -0.324 e. The van der Waals surface area contributed by atoms with Crippen molar-refractivity contribution in [3.63, 3.8) is 0 Å². The van der Waals surface area contributed by atoms with Crippen LogP contribution in [-0.2, 0) is 0 Å². The van der Waals surface area contributed by atoms with Gasteiger partial charge in [0.15, 0.2) is 0 Å². The maximum absolute atomic E-state index is 6.44. The molecule has 1 saturated carbocycles. The van der Waals surface area contributed by atoms with Crippen LogP contribution in [0.25, 0.3) is 0 Å². The summed E-state index contributed by atoms with van der Waals surface area (Å²) in [6, 6.07) is 0. The molecule has 1 aliphatic heterocycles. The van der Waals surface area contributed by atoms with E-state index in [2.05, 4.69) is 16.7 Å². The predicted octanol–water partition coefficient (Wildman–Crippen LogP) is 1.70. The van der Waals surface area contributed by atoms with Crippen molar-refractivity contribution in [2.24, 2.45) is 5.73 Å². The number of nitrogens with zero attached hydrogens (tertiary/aromatic N) is 1. The van der Waals surface area contributed by atoms with Crippen LogP contribution in [0.3, 0.4) is 0 Å². The van der Waals surface area contributed by atoms with E-state index in [1.165, 1.54) is 56.7 Å². The monoisotopic (exact) mass is 214 g/mol. The number of hydrogen-bond donors (Lipinski definition) is 1. The van der Waals surface area contributed by atoms with Gasteiger partial charge in [-0.05, 0) is 12.8 Å². The Kier molecular flexibility index (Phi) is 3.74. The molecule has 0 bridgehead atoms. The molecular weight excluding hydrogens is 192 g/mol. The van der Waals surface area contributed by atoms with E-state index in [4.69, 9.17) is 5.73 Å². The second-order valence-electron chi connectivity index (χ2n) is 4.81. The van der Waals surface area contributed by atoms with Gasteiger partial charge < -0.3 is 5.73 Å². The molecule has 2 rings (SSSR count). The molecule has 0 spiro atoms. The first kappa shape index (κ1) is 10.8. The van der Waals surface area contributed by atoms with E-state index in [1.807, 2.05) is 0 Å². The van der Waals surface area contributed by atoms with Gasteiger partial charge in [0.2, 0.25) is 0 Å². The zero-order valence-electron chi connectivity index (χ0n) is 9.00. The van der Waals surface area contributed by atoms with E-state index in [0.717, 1.165) is 6.54 Å². The molecule has 0 aromatic rings. The summed E-state index contributed by atoms with van der Waals surface area (Å²) < 4.78 is 0. The molecule has 0 aromatic heterocycles. The van der Waals surface area contributed by atoms with E-state index in [0.29, 0.717) is 0 Å². The first-order valence-electron chi connectivity index (χ1n) is 5.88. The van der Waals surface area contributed by atoms with Gasteiger partial charge in [0.1, 0.15) is 0 Å². The van der Waals surface area contributed by atoms with Crippen LogP contribution >= 0.6 is 11.8 Å². The number of nitrogens with two attached hydrogens (primary N) is 1. The van der Waals surface area contributed by atoms with E-state index in [-0.39, 0.29) is 5.54 Å². The largest absolute Gasteiger partial charge is 0.324 e. The van der Waals surface area contributed by atoms with E-state index in [9.17, 15) is 0 Å². The molecule has 3 heteroatoms. The van der Waals surface area contributed by atoms with Crippen molar-refractivity contribution in [3.05, 3.63) is 0 Å². The summed E-state index contributed by atoms with van der Waals surface area (Å²) in [6.07, 6.45) is 6.58. The second kappa shape index (κ2) is 4.86. The lowest BCUT2D eigenvalue weighted by molar-refractivity contribution is 0.183. The molecule has 2 nitrogen and oxygen atoms in total. The van der Waals surface area contributed by atoms with Crippen molar-refractivity contribution in [2.45, 2.75) is 37.6 Å². The smallest absolute Gasteiger partial charge is 0.0283 e. The zero-order valence-corrected chi connectivity index (χ0v) is 9.82. The highest BCUT2D eigenvalue weighted by Crippen LogP contribution is 2.27. The van der Waals surface area contributed by atoms with Crippen LogP contribution in [0.2, 0.25) is 0 Å². The Balaban J connectivity index is 1.81. The minimum absolute atomic E-state index is 0.153. The molecule has 0 atom stereocenters. The zero-order chi connectivity index (χ0) is 9.86. The fourth-order valence-corrected chi connectivity index (χ4v) is 3.60. The Morgan fingerprint density at radius 3 is 2.36 bits per heavy atom. The topological polar surface area (TPSA) is 29.3 Å². The molecular formula is C11H22N2S. The van der Waals surface area contributed by atoms with Gasteiger partial charge in [-0.2, -0.15) is 11.8 Å². The Labute approximate surface area is 91.6 Å². The molecule has 0 unspecified atom stereocenters. The summed E-state index contributed by atoms with van der Waals surface area (Å²) in [4.78, 5) is 2.57. The average Bonchev–Trinajstić information content (AvgIpc) is 2.19. The highest BCUT2D eigenvalue weighted by Gasteiger charge is 2.29. The quantitative estimate of drug-likeness (QED) is 0.758. The molecule has 2 N–H and O–H groups in total. The maximum Gasteiger partial charge on any atom is 0.0283 e. The molecule has 0 aromatic carbocycles. The summed E-state index contributed by atoms with van der Waals surface area (Å²) in [6.45, 7) is 3.65. The van der Waals surface area contributed by atoms with E-state index >= 15 is 0 Å². The Bertz CT molecular complexity index is 172. The first-order chi connectivity index (χ1) is 6.79. The van der Waals surface area contributed by atoms with Gasteiger partial charge in [-0.1, -0.05) is 19.3 Å². The summed E-state index contributed by atoms with van der Waals surface area (Å²) in [5, 5.41) is 0. The number of hydrogen-bond acceptors (Lipinski definition) is 3. The van der Waals surface area contributed by atoms with E-state index < -0.39 is 0 Å². The molecule has 2 fully saturated rings. The Morgan fingerprint density at radius 1 is 1.07 bits per heavy atom. The normalized spacial score (nSPS) is 28.9. The van der Waals surface area contributed by atoms with Crippen molar-refractivity contribution in [3.8, 4) is 0 Å². The van der Waals surface area contributed by atoms with Gasteiger partial charge >= 0.3 is 0 Å². The standard InChI is InChI=1S/C11H22N2S/c12-11(4-2-1-3-5-11)10-13-6-8-14-9-7-13/h1-10,12H2. The molecule has 1 aliphatic carbocycles. The molecule has 2 aliphatic rings. The summed E-state index contributed by atoms with van der Waals surface area (Å²) in [7, 11) is 0. The highest BCUT2D eigenvalue weighted by molar-refractivity contribution is 7.99. The fourth-order valence-electron chi connectivity index (χ4n) is 2.62. The summed E-state index contributed by atoms with van der Waals surface area (Å²) in [5.41, 5.74) is 6.59. The average molecular weight is 214 g/mol. The van der Waals surface area contributed by atoms with Crippen molar-refractivity contribution in [1.29, 1.82) is 0 Å². The summed E-state index contributed by atoms with van der Waals surface area (Å²) >= 11 is 2.08. The van der Waals surface area contributed by atoms with Crippen LogP contribution < -0.4 is 5.73 Å². The van der Waals surface area contributed by atoms with Gasteiger partial charge in [0.25, 0.3) is 0 Å². The van der Waals surface area contributed by atoms with Crippen LogP contribution in [0, 0.1) is 0 Å². The van der Waals surface area contributed by atoms with E-state index in [1.54, 1.807) is 0 Å². The number of thioether (sulfide) groups is 1. The van der Waals surface area contributed by atoms with Crippen molar-refractivity contribution in [1.82, 2.24) is 4.90 Å². The third kappa shape index (κ3) is 2.88. The maximum atomic E-state index is 6.44.